The minimum atomic E-state index is 0.300. The maximum Gasteiger partial charge on any atom is 0.0746 e. The Morgan fingerprint density at radius 3 is 2.64 bits per heavy atom. The first-order valence-electron chi connectivity index (χ1n) is 5.92. The summed E-state index contributed by atoms with van der Waals surface area (Å²) in [5.74, 6) is 0.805. The normalized spacial score (nSPS) is 39.0. The van der Waals surface area contributed by atoms with Crippen LogP contribution in [0.15, 0.2) is 0 Å². The van der Waals surface area contributed by atoms with Crippen molar-refractivity contribution < 1.29 is 4.74 Å². The first-order valence-corrected chi connectivity index (χ1v) is 5.92. The largest absolute Gasteiger partial charge is 0.377 e. The second-order valence-electron chi connectivity index (χ2n) is 5.66. The van der Waals surface area contributed by atoms with Gasteiger partial charge in [-0.05, 0) is 33.6 Å². The molecule has 2 saturated heterocycles. The minimum absolute atomic E-state index is 0.300. The van der Waals surface area contributed by atoms with Gasteiger partial charge in [0.25, 0.3) is 0 Å². The van der Waals surface area contributed by atoms with Crippen LogP contribution in [0.3, 0.4) is 0 Å². The molecular weight excluding hydrogens is 174 g/mol. The van der Waals surface area contributed by atoms with Crippen LogP contribution >= 0.6 is 0 Å². The van der Waals surface area contributed by atoms with Gasteiger partial charge in [0, 0.05) is 30.7 Å². The smallest absolute Gasteiger partial charge is 0.0746 e. The Labute approximate surface area is 87.6 Å². The van der Waals surface area contributed by atoms with E-state index < -0.39 is 0 Å². The standard InChI is InChI=1S/C12H23NO/c1-5-10-9-6-7-14-11(9)8-13(10)12(2,3)4/h9-11H,5-8H2,1-4H3. The van der Waals surface area contributed by atoms with Crippen LogP contribution in [0, 0.1) is 5.92 Å². The molecule has 2 aliphatic heterocycles. The number of rotatable bonds is 1. The Kier molecular flexibility index (Phi) is 2.61. The summed E-state index contributed by atoms with van der Waals surface area (Å²) in [5, 5.41) is 0. The Hall–Kier alpha value is -0.0800. The Morgan fingerprint density at radius 2 is 2.07 bits per heavy atom. The Balaban J connectivity index is 2.14. The molecule has 0 bridgehead atoms. The van der Waals surface area contributed by atoms with Crippen LogP contribution in [0.4, 0.5) is 0 Å². The molecule has 0 N–H and O–H groups in total. The number of likely N-dealkylation sites (tertiary alicyclic amines) is 1. The summed E-state index contributed by atoms with van der Waals surface area (Å²) in [7, 11) is 0. The van der Waals surface area contributed by atoms with Crippen molar-refractivity contribution in [3.8, 4) is 0 Å². The molecule has 0 aromatic rings. The molecule has 82 valence electrons. The fraction of sp³-hybridized carbons (Fsp3) is 1.00. The fourth-order valence-electron chi connectivity index (χ4n) is 3.15. The highest BCUT2D eigenvalue weighted by Gasteiger charge is 2.47. The molecular formula is C12H23NO. The van der Waals surface area contributed by atoms with E-state index in [1.807, 2.05) is 0 Å². The van der Waals surface area contributed by atoms with Gasteiger partial charge in [-0.3, -0.25) is 4.90 Å². The molecule has 0 amide bonds. The molecule has 0 aromatic heterocycles. The Morgan fingerprint density at radius 1 is 1.36 bits per heavy atom. The van der Waals surface area contributed by atoms with E-state index >= 15 is 0 Å². The third-order valence-corrected chi connectivity index (χ3v) is 3.81. The molecule has 2 heteroatoms. The Bertz CT molecular complexity index is 209. The SMILES string of the molecule is CCC1C2CCOC2CN1C(C)(C)C. The van der Waals surface area contributed by atoms with Crippen molar-refractivity contribution >= 4 is 0 Å². The van der Waals surface area contributed by atoms with Crippen molar-refractivity contribution in [2.75, 3.05) is 13.2 Å². The van der Waals surface area contributed by atoms with Gasteiger partial charge in [0.1, 0.15) is 0 Å². The van der Waals surface area contributed by atoms with E-state index in [1.165, 1.54) is 12.8 Å². The van der Waals surface area contributed by atoms with Crippen LogP contribution in [0.2, 0.25) is 0 Å². The van der Waals surface area contributed by atoms with E-state index in [0.29, 0.717) is 11.6 Å². The van der Waals surface area contributed by atoms with Gasteiger partial charge in [-0.15, -0.1) is 0 Å². The quantitative estimate of drug-likeness (QED) is 0.639. The lowest BCUT2D eigenvalue weighted by Gasteiger charge is -2.38. The first kappa shape index (κ1) is 10.4. The molecule has 0 aliphatic carbocycles. The van der Waals surface area contributed by atoms with Crippen molar-refractivity contribution in [2.24, 2.45) is 5.92 Å². The van der Waals surface area contributed by atoms with Crippen LogP contribution in [0.25, 0.3) is 0 Å². The first-order chi connectivity index (χ1) is 6.54. The van der Waals surface area contributed by atoms with E-state index in [-0.39, 0.29) is 0 Å². The summed E-state index contributed by atoms with van der Waals surface area (Å²) in [6, 6.07) is 0.752. The van der Waals surface area contributed by atoms with Gasteiger partial charge >= 0.3 is 0 Å². The molecule has 0 aromatic carbocycles. The van der Waals surface area contributed by atoms with Gasteiger partial charge in [0.05, 0.1) is 6.10 Å². The third kappa shape index (κ3) is 1.59. The van der Waals surface area contributed by atoms with E-state index in [4.69, 9.17) is 4.74 Å². The highest BCUT2D eigenvalue weighted by atomic mass is 16.5. The predicted molar refractivity (Wildman–Crippen MR) is 58.4 cm³/mol. The predicted octanol–water partition coefficient (Wildman–Crippen LogP) is 2.28. The molecule has 0 saturated carbocycles. The van der Waals surface area contributed by atoms with E-state index in [0.717, 1.165) is 25.1 Å². The average Bonchev–Trinajstić information content (AvgIpc) is 2.58. The highest BCUT2D eigenvalue weighted by molar-refractivity contribution is 5.00. The van der Waals surface area contributed by atoms with Gasteiger partial charge < -0.3 is 4.74 Å². The van der Waals surface area contributed by atoms with E-state index in [1.54, 1.807) is 0 Å². The van der Waals surface area contributed by atoms with Crippen LogP contribution < -0.4 is 0 Å². The molecule has 2 heterocycles. The number of ether oxygens (including phenoxy) is 1. The highest BCUT2D eigenvalue weighted by Crippen LogP contribution is 2.39. The van der Waals surface area contributed by atoms with Crippen molar-refractivity contribution in [3.05, 3.63) is 0 Å². The number of fused-ring (bicyclic) bond motifs is 1. The summed E-state index contributed by atoms with van der Waals surface area (Å²) in [6.07, 6.45) is 3.07. The number of hydrogen-bond donors (Lipinski definition) is 0. The van der Waals surface area contributed by atoms with Gasteiger partial charge in [-0.2, -0.15) is 0 Å². The van der Waals surface area contributed by atoms with E-state index in [2.05, 4.69) is 32.6 Å². The monoisotopic (exact) mass is 197 g/mol. The van der Waals surface area contributed by atoms with Crippen molar-refractivity contribution in [1.82, 2.24) is 4.90 Å². The molecule has 0 spiro atoms. The lowest BCUT2D eigenvalue weighted by Crippen LogP contribution is -2.46. The summed E-state index contributed by atoms with van der Waals surface area (Å²) >= 11 is 0. The van der Waals surface area contributed by atoms with Crippen molar-refractivity contribution in [3.63, 3.8) is 0 Å². The average molecular weight is 197 g/mol. The number of nitrogens with zero attached hydrogens (tertiary/aromatic N) is 1. The van der Waals surface area contributed by atoms with Crippen LogP contribution in [-0.4, -0.2) is 35.7 Å². The van der Waals surface area contributed by atoms with Gasteiger partial charge in [0.15, 0.2) is 0 Å². The van der Waals surface area contributed by atoms with Crippen LogP contribution in [-0.2, 0) is 4.74 Å². The summed E-state index contributed by atoms with van der Waals surface area (Å²) in [5.41, 5.74) is 0.300. The zero-order valence-electron chi connectivity index (χ0n) is 9.92. The van der Waals surface area contributed by atoms with Gasteiger partial charge in [-0.1, -0.05) is 6.92 Å². The molecule has 2 aliphatic rings. The topological polar surface area (TPSA) is 12.5 Å². The molecule has 2 rings (SSSR count). The maximum absolute atomic E-state index is 5.79. The lowest BCUT2D eigenvalue weighted by molar-refractivity contribution is 0.0667. The zero-order valence-corrected chi connectivity index (χ0v) is 9.92. The summed E-state index contributed by atoms with van der Waals surface area (Å²) < 4.78 is 5.79. The second-order valence-corrected chi connectivity index (χ2v) is 5.66. The summed E-state index contributed by atoms with van der Waals surface area (Å²) in [6.45, 7) is 11.4. The van der Waals surface area contributed by atoms with Gasteiger partial charge in [0.2, 0.25) is 0 Å². The molecule has 2 nitrogen and oxygen atoms in total. The number of hydrogen-bond acceptors (Lipinski definition) is 2. The summed E-state index contributed by atoms with van der Waals surface area (Å²) in [4.78, 5) is 2.64. The minimum Gasteiger partial charge on any atom is -0.377 e. The molecule has 3 unspecified atom stereocenters. The molecule has 0 radical (unpaired) electrons. The van der Waals surface area contributed by atoms with Crippen LogP contribution in [0.5, 0.6) is 0 Å². The lowest BCUT2D eigenvalue weighted by atomic mass is 9.93. The van der Waals surface area contributed by atoms with Gasteiger partial charge in [-0.25, -0.2) is 0 Å². The fourth-order valence-corrected chi connectivity index (χ4v) is 3.15. The second kappa shape index (κ2) is 3.49. The van der Waals surface area contributed by atoms with Crippen LogP contribution in [0.1, 0.15) is 40.5 Å². The zero-order chi connectivity index (χ0) is 10.3. The van der Waals surface area contributed by atoms with E-state index in [9.17, 15) is 0 Å². The molecule has 3 atom stereocenters. The van der Waals surface area contributed by atoms with Crippen molar-refractivity contribution in [2.45, 2.75) is 58.2 Å². The van der Waals surface area contributed by atoms with Crippen molar-refractivity contribution in [1.29, 1.82) is 0 Å². The molecule has 14 heavy (non-hydrogen) atoms. The maximum atomic E-state index is 5.79. The molecule has 2 fully saturated rings. The third-order valence-electron chi connectivity index (χ3n) is 3.81.